The monoisotopic (exact) mass is 443 g/mol. The quantitative estimate of drug-likeness (QED) is 0.331. The van der Waals surface area contributed by atoms with Crippen molar-refractivity contribution < 1.29 is 27.9 Å². The summed E-state index contributed by atoms with van der Waals surface area (Å²) in [7, 11) is -2.40. The highest BCUT2D eigenvalue weighted by molar-refractivity contribution is 7.53. The van der Waals surface area contributed by atoms with Crippen molar-refractivity contribution in [3.8, 4) is 0 Å². The third kappa shape index (κ3) is 5.07. The number of H-pyrrole nitrogens is 1. The first-order chi connectivity index (χ1) is 14.0. The van der Waals surface area contributed by atoms with E-state index in [4.69, 9.17) is 24.3 Å². The van der Waals surface area contributed by atoms with E-state index in [1.807, 2.05) is 0 Å². The maximum Gasteiger partial charge on any atom is 0.358 e. The average molecular weight is 443 g/mol. The van der Waals surface area contributed by atoms with Gasteiger partial charge < -0.3 is 24.3 Å². The Morgan fingerprint density at radius 1 is 1.40 bits per heavy atom. The van der Waals surface area contributed by atoms with Crippen LogP contribution < -0.4 is 11.3 Å². The Bertz CT molecular complexity index is 1040. The largest absolute Gasteiger partial charge is 0.438 e. The van der Waals surface area contributed by atoms with Gasteiger partial charge in [0.1, 0.15) is 6.35 Å². The van der Waals surface area contributed by atoms with Crippen molar-refractivity contribution in [3.63, 3.8) is 0 Å². The molecule has 3 rings (SSSR count). The summed E-state index contributed by atoms with van der Waals surface area (Å²) in [6.45, 7) is 4.92. The van der Waals surface area contributed by atoms with Crippen LogP contribution in [0.4, 0.5) is 5.95 Å². The summed E-state index contributed by atoms with van der Waals surface area (Å²) in [6, 6.07) is 0. The van der Waals surface area contributed by atoms with Gasteiger partial charge in [0, 0.05) is 7.11 Å². The number of carbonyl (C=O) groups excluding carboxylic acids is 1. The second-order valence-corrected chi connectivity index (χ2v) is 10.3. The fourth-order valence-corrected chi connectivity index (χ4v) is 3.55. The zero-order valence-electron chi connectivity index (χ0n) is 17.3. The lowest BCUT2D eigenvalue weighted by Crippen LogP contribution is -2.25. The fraction of sp³-hybridized carbons (Fsp3) is 0.647. The van der Waals surface area contributed by atoms with Crippen molar-refractivity contribution >= 4 is 30.7 Å². The third-order valence-electron chi connectivity index (χ3n) is 4.62. The lowest BCUT2D eigenvalue weighted by atomic mass is 9.98. The van der Waals surface area contributed by atoms with Crippen molar-refractivity contribution in [2.75, 3.05) is 26.0 Å². The molecule has 2 aromatic heterocycles. The molecule has 0 saturated heterocycles. The molecular weight excluding hydrogens is 417 g/mol. The van der Waals surface area contributed by atoms with Gasteiger partial charge in [-0.15, -0.1) is 0 Å². The normalized spacial score (nSPS) is 17.6. The Morgan fingerprint density at radius 2 is 2.10 bits per heavy atom. The maximum absolute atomic E-state index is 12.7. The average Bonchev–Trinajstić information content (AvgIpc) is 3.32. The Kier molecular flexibility index (Phi) is 6.06. The molecule has 1 saturated carbocycles. The van der Waals surface area contributed by atoms with Crippen LogP contribution in [-0.4, -0.2) is 51.3 Å². The molecule has 0 aliphatic heterocycles. The van der Waals surface area contributed by atoms with Crippen LogP contribution in [0.1, 0.15) is 33.6 Å². The van der Waals surface area contributed by atoms with E-state index in [0.717, 1.165) is 0 Å². The standard InChI is InChI=1S/C17H26N5O7P/c1-16(2,3)14(24)27-9-29-30(25,26-4)10-28-17(5-6-17)7-22-8-19-11-12(22)20-15(18)21-13(11)23/h8H,5-7,9-10H2,1-4H3,(H3,18,20,21,23). The molecule has 1 fully saturated rings. The molecule has 2 aromatic rings. The number of anilines is 1. The van der Waals surface area contributed by atoms with Gasteiger partial charge >= 0.3 is 13.6 Å². The lowest BCUT2D eigenvalue weighted by molar-refractivity contribution is -0.160. The summed E-state index contributed by atoms with van der Waals surface area (Å²) in [5.74, 6) is -0.499. The summed E-state index contributed by atoms with van der Waals surface area (Å²) in [5.41, 5.74) is 4.38. The van der Waals surface area contributed by atoms with Crippen molar-refractivity contribution in [1.29, 1.82) is 0 Å². The molecule has 2 heterocycles. The second-order valence-electron chi connectivity index (χ2n) is 8.17. The number of fused-ring (bicyclic) bond motifs is 1. The number of nitrogens with one attached hydrogen (secondary N) is 1. The number of imidazole rings is 1. The second kappa shape index (κ2) is 8.10. The minimum atomic E-state index is -3.63. The minimum absolute atomic E-state index is 0.0119. The van der Waals surface area contributed by atoms with E-state index < -0.39 is 36.9 Å². The molecule has 166 valence electrons. The predicted molar refractivity (Wildman–Crippen MR) is 107 cm³/mol. The molecule has 1 unspecified atom stereocenters. The van der Waals surface area contributed by atoms with Crippen LogP contribution in [0.2, 0.25) is 0 Å². The molecule has 0 amide bonds. The first-order valence-electron chi connectivity index (χ1n) is 9.28. The minimum Gasteiger partial charge on any atom is -0.438 e. The summed E-state index contributed by atoms with van der Waals surface area (Å²) in [4.78, 5) is 34.3. The summed E-state index contributed by atoms with van der Waals surface area (Å²) in [5, 5.41) is 0. The van der Waals surface area contributed by atoms with Gasteiger partial charge in [0.05, 0.1) is 23.9 Å². The summed E-state index contributed by atoms with van der Waals surface area (Å²) < 4.78 is 35.4. The highest BCUT2D eigenvalue weighted by atomic mass is 31.2. The van der Waals surface area contributed by atoms with E-state index in [0.29, 0.717) is 25.0 Å². The molecule has 0 aromatic carbocycles. The van der Waals surface area contributed by atoms with Crippen LogP contribution in [0, 0.1) is 5.41 Å². The predicted octanol–water partition coefficient (Wildman–Crippen LogP) is 1.61. The maximum atomic E-state index is 12.7. The smallest absolute Gasteiger partial charge is 0.358 e. The van der Waals surface area contributed by atoms with Gasteiger partial charge in [-0.2, -0.15) is 4.98 Å². The summed E-state index contributed by atoms with van der Waals surface area (Å²) >= 11 is 0. The number of esters is 1. The van der Waals surface area contributed by atoms with Gasteiger partial charge in [0.15, 0.2) is 11.2 Å². The van der Waals surface area contributed by atoms with Crippen LogP contribution in [0.15, 0.2) is 11.1 Å². The molecule has 13 heteroatoms. The van der Waals surface area contributed by atoms with Crippen molar-refractivity contribution in [3.05, 3.63) is 16.7 Å². The van der Waals surface area contributed by atoms with Gasteiger partial charge in [-0.1, -0.05) is 0 Å². The van der Waals surface area contributed by atoms with E-state index >= 15 is 0 Å². The number of hydrogen-bond donors (Lipinski definition) is 2. The molecule has 1 aliphatic carbocycles. The van der Waals surface area contributed by atoms with Gasteiger partial charge in [-0.3, -0.25) is 23.7 Å². The number of hydrogen-bond acceptors (Lipinski definition) is 10. The van der Waals surface area contributed by atoms with Crippen LogP contribution in [0.3, 0.4) is 0 Å². The topological polar surface area (TPSA) is 161 Å². The van der Waals surface area contributed by atoms with Gasteiger partial charge in [0.25, 0.3) is 5.56 Å². The number of ether oxygens (including phenoxy) is 2. The van der Waals surface area contributed by atoms with E-state index in [2.05, 4.69) is 15.0 Å². The number of aromatic amines is 1. The molecular formula is C17H26N5O7P. The van der Waals surface area contributed by atoms with Crippen LogP contribution in [0.5, 0.6) is 0 Å². The Labute approximate surface area is 172 Å². The van der Waals surface area contributed by atoms with Crippen LogP contribution in [-0.2, 0) is 34.4 Å². The van der Waals surface area contributed by atoms with Crippen molar-refractivity contribution in [2.24, 2.45) is 5.41 Å². The van der Waals surface area contributed by atoms with Crippen molar-refractivity contribution in [2.45, 2.75) is 45.8 Å². The first kappa shape index (κ1) is 22.4. The molecule has 0 bridgehead atoms. The first-order valence-corrected chi connectivity index (χ1v) is 11.0. The Morgan fingerprint density at radius 3 is 2.70 bits per heavy atom. The number of aromatic nitrogens is 4. The molecule has 30 heavy (non-hydrogen) atoms. The lowest BCUT2D eigenvalue weighted by Gasteiger charge is -2.22. The van der Waals surface area contributed by atoms with Crippen molar-refractivity contribution in [1.82, 2.24) is 19.5 Å². The van der Waals surface area contributed by atoms with Gasteiger partial charge in [0.2, 0.25) is 12.7 Å². The van der Waals surface area contributed by atoms with Gasteiger partial charge in [-0.25, -0.2) is 4.98 Å². The van der Waals surface area contributed by atoms with E-state index in [1.54, 1.807) is 25.3 Å². The highest BCUT2D eigenvalue weighted by Gasteiger charge is 2.46. The zero-order valence-corrected chi connectivity index (χ0v) is 18.2. The molecule has 3 N–H and O–H groups in total. The Balaban J connectivity index is 1.61. The molecule has 0 radical (unpaired) electrons. The molecule has 1 atom stereocenters. The number of nitrogen functional groups attached to an aromatic ring is 1. The van der Waals surface area contributed by atoms with E-state index in [9.17, 15) is 14.2 Å². The molecule has 0 spiro atoms. The van der Waals surface area contributed by atoms with E-state index in [-0.39, 0.29) is 17.8 Å². The van der Waals surface area contributed by atoms with E-state index in [1.165, 1.54) is 13.4 Å². The van der Waals surface area contributed by atoms with Crippen LogP contribution >= 0.6 is 7.60 Å². The van der Waals surface area contributed by atoms with Gasteiger partial charge in [-0.05, 0) is 33.6 Å². The fourth-order valence-electron chi connectivity index (χ4n) is 2.62. The number of rotatable bonds is 9. The van der Waals surface area contributed by atoms with Crippen LogP contribution in [0.25, 0.3) is 11.2 Å². The highest BCUT2D eigenvalue weighted by Crippen LogP contribution is 2.51. The molecule has 1 aliphatic rings. The molecule has 12 nitrogen and oxygen atoms in total. The number of nitrogens with zero attached hydrogens (tertiary/aromatic N) is 3. The number of carbonyl (C=O) groups is 1. The zero-order chi connectivity index (χ0) is 22.2. The Hall–Kier alpha value is -2.27. The summed E-state index contributed by atoms with van der Waals surface area (Å²) in [6.07, 6.45) is 2.57. The third-order valence-corrected chi connectivity index (χ3v) is 6.12. The SMILES string of the molecule is COP(=O)(COC1(Cn2cnc3c(=O)[nH]c(N)nc32)CC1)OCOC(=O)C(C)(C)C. The number of nitrogens with two attached hydrogens (primary N) is 1.